The minimum Gasteiger partial charge on any atom is -0.456 e. The number of aromatic nitrogens is 3. The molecule has 0 saturated carbocycles. The van der Waals surface area contributed by atoms with E-state index in [1.54, 1.807) is 11.3 Å². The van der Waals surface area contributed by atoms with E-state index in [1.165, 1.54) is 10.1 Å². The van der Waals surface area contributed by atoms with Crippen molar-refractivity contribution in [2.75, 3.05) is 0 Å². The topological polar surface area (TPSA) is 64.0 Å². The molecule has 10 aromatic carbocycles. The second-order valence-electron chi connectivity index (χ2n) is 17.5. The lowest BCUT2D eigenvalue weighted by molar-refractivity contribution is 0.669. The molecule has 15 rings (SSSR count). The van der Waals surface area contributed by atoms with E-state index < -0.39 is 0 Å². The zero-order valence-corrected chi connectivity index (χ0v) is 36.8. The maximum Gasteiger partial charge on any atom is 0.220 e. The molecule has 0 radical (unpaired) electrons. The summed E-state index contributed by atoms with van der Waals surface area (Å²) in [5.41, 5.74) is 10.3. The molecule has 0 spiro atoms. The molecule has 0 N–H and O–H groups in total. The van der Waals surface area contributed by atoms with Gasteiger partial charge >= 0.3 is 0 Å². The highest BCUT2D eigenvalue weighted by Crippen LogP contribution is 2.55. The zero-order chi connectivity index (χ0) is 44.8. The van der Waals surface area contributed by atoms with Crippen LogP contribution in [-0.4, -0.2) is 14.1 Å². The van der Waals surface area contributed by atoms with Crippen molar-refractivity contribution < 1.29 is 4.42 Å². The van der Waals surface area contributed by atoms with Crippen LogP contribution in [0.4, 0.5) is 5.69 Å². The first-order chi connectivity index (χ1) is 33.7. The number of fused-ring (bicyclic) bond motifs is 14. The van der Waals surface area contributed by atoms with Crippen LogP contribution in [-0.2, 0) is 0 Å². The van der Waals surface area contributed by atoms with E-state index >= 15 is 0 Å². The molecule has 6 nitrogen and oxygen atoms in total. The lowest BCUT2D eigenvalue weighted by atomic mass is 9.88. The second kappa shape index (κ2) is 13.6. The van der Waals surface area contributed by atoms with Gasteiger partial charge in [-0.1, -0.05) is 146 Å². The molecule has 0 fully saturated rings. The average molecular weight is 882 g/mol. The van der Waals surface area contributed by atoms with Crippen molar-refractivity contribution in [3.8, 4) is 39.7 Å². The van der Waals surface area contributed by atoms with E-state index in [0.717, 1.165) is 114 Å². The first-order valence-corrected chi connectivity index (χ1v) is 23.4. The van der Waals surface area contributed by atoms with Gasteiger partial charge in [0.15, 0.2) is 0 Å². The highest BCUT2D eigenvalue weighted by atomic mass is 32.1. The van der Waals surface area contributed by atoms with Gasteiger partial charge in [-0.25, -0.2) is 9.83 Å². The van der Waals surface area contributed by atoms with Crippen molar-refractivity contribution in [3.05, 3.63) is 205 Å². The SMILES string of the molecule is [C-]#[N+]c1c(-c2ccccc2)c(C#N)c(-n2c3ccc4oc5ccccc5c4c3c3ccc4c5ccccc5sc4c32)c(-c2ccccc2)c1-n1c2cccc3c4ccccc4c4ccnc1c4c32. The summed E-state index contributed by atoms with van der Waals surface area (Å²) in [6.45, 7) is 9.32. The summed E-state index contributed by atoms with van der Waals surface area (Å²) in [5.74, 6) is 0. The molecule has 0 unspecified atom stereocenters. The number of hydrogen-bond acceptors (Lipinski definition) is 4. The summed E-state index contributed by atoms with van der Waals surface area (Å²) in [5, 5.41) is 25.2. The Balaban J connectivity index is 1.25. The van der Waals surface area contributed by atoms with Crippen molar-refractivity contribution in [2.24, 2.45) is 0 Å². The predicted molar refractivity (Wildman–Crippen MR) is 281 cm³/mol. The Kier molecular flexibility index (Phi) is 7.42. The Morgan fingerprint density at radius 2 is 1.13 bits per heavy atom. The van der Waals surface area contributed by atoms with Crippen LogP contribution in [0.25, 0.3) is 146 Å². The molecule has 0 aliphatic rings. The Morgan fingerprint density at radius 1 is 0.500 bits per heavy atom. The van der Waals surface area contributed by atoms with E-state index in [0.29, 0.717) is 28.2 Å². The van der Waals surface area contributed by atoms with Crippen LogP contribution in [0.2, 0.25) is 0 Å². The van der Waals surface area contributed by atoms with E-state index in [1.807, 2.05) is 66.9 Å². The maximum atomic E-state index is 12.1. The maximum absolute atomic E-state index is 12.1. The van der Waals surface area contributed by atoms with Gasteiger partial charge in [-0.2, -0.15) is 5.26 Å². The van der Waals surface area contributed by atoms with Gasteiger partial charge < -0.3 is 13.6 Å². The second-order valence-corrected chi connectivity index (χ2v) is 18.5. The smallest absolute Gasteiger partial charge is 0.220 e. The fraction of sp³-hybridized carbons (Fsp3) is 0. The van der Waals surface area contributed by atoms with Gasteiger partial charge in [-0.3, -0.25) is 0 Å². The number of benzene rings is 10. The van der Waals surface area contributed by atoms with Gasteiger partial charge in [0.25, 0.3) is 0 Å². The van der Waals surface area contributed by atoms with Gasteiger partial charge in [0.2, 0.25) is 5.69 Å². The third-order valence-electron chi connectivity index (χ3n) is 14.2. The Bertz CT molecular complexity index is 4660. The summed E-state index contributed by atoms with van der Waals surface area (Å²) < 4.78 is 13.5. The van der Waals surface area contributed by atoms with Crippen molar-refractivity contribution in [1.29, 1.82) is 5.26 Å². The standard InChI is InChI=1S/C61H31N5OS/c1-63-56-50(34-15-4-2-5-16-34)44(33-62)57(51(35-17-6-3-7-18-35)59(56)66-45-24-14-23-39-36-19-8-9-20-37(36)40-31-32-64-61(66)55(40)52(39)45)65-46-29-30-48-54(42-22-10-12-25-47(42)67-48)53(46)43-28-27-41-38-21-11-13-26-49(38)68-60(41)58(43)65/h2-32H. The number of para-hydroxylation sites is 1. The molecular weight excluding hydrogens is 851 g/mol. The summed E-state index contributed by atoms with van der Waals surface area (Å²) in [6, 6.07) is 65.8. The van der Waals surface area contributed by atoms with E-state index in [-0.39, 0.29) is 0 Å². The molecule has 68 heavy (non-hydrogen) atoms. The van der Waals surface area contributed by atoms with E-state index in [2.05, 4.69) is 141 Å². The molecule has 0 aliphatic heterocycles. The fourth-order valence-electron chi connectivity index (χ4n) is 11.5. The molecule has 0 amide bonds. The number of nitriles is 1. The monoisotopic (exact) mass is 881 g/mol. The lowest BCUT2D eigenvalue weighted by Gasteiger charge is -2.25. The van der Waals surface area contributed by atoms with Crippen molar-refractivity contribution in [1.82, 2.24) is 14.1 Å². The van der Waals surface area contributed by atoms with E-state index in [9.17, 15) is 11.8 Å². The lowest BCUT2D eigenvalue weighted by Crippen LogP contribution is -2.09. The van der Waals surface area contributed by atoms with Gasteiger partial charge in [-0.05, 0) is 69.1 Å². The quantitative estimate of drug-likeness (QED) is 0.131. The number of pyridine rings is 1. The molecule has 5 aromatic heterocycles. The molecule has 312 valence electrons. The summed E-state index contributed by atoms with van der Waals surface area (Å²) >= 11 is 1.77. The van der Waals surface area contributed by atoms with Gasteiger partial charge in [0.05, 0.1) is 44.8 Å². The largest absolute Gasteiger partial charge is 0.456 e. The number of thiophene rings is 1. The fourth-order valence-corrected chi connectivity index (χ4v) is 12.8. The highest BCUT2D eigenvalue weighted by molar-refractivity contribution is 7.26. The van der Waals surface area contributed by atoms with Crippen LogP contribution in [0.5, 0.6) is 0 Å². The first-order valence-electron chi connectivity index (χ1n) is 22.6. The summed E-state index contributed by atoms with van der Waals surface area (Å²) in [4.78, 5) is 9.79. The van der Waals surface area contributed by atoms with Crippen molar-refractivity contribution in [3.63, 3.8) is 0 Å². The molecule has 15 aromatic rings. The normalized spacial score (nSPS) is 12.1. The molecular formula is C61H31N5OS. The third-order valence-corrected chi connectivity index (χ3v) is 15.4. The third kappa shape index (κ3) is 4.69. The predicted octanol–water partition coefficient (Wildman–Crippen LogP) is 17.0. The minimum absolute atomic E-state index is 0.375. The zero-order valence-electron chi connectivity index (χ0n) is 36.0. The van der Waals surface area contributed by atoms with Gasteiger partial charge in [-0.15, -0.1) is 11.3 Å². The molecule has 0 bridgehead atoms. The number of hydrogen-bond donors (Lipinski definition) is 0. The number of rotatable bonds is 4. The number of nitrogens with zero attached hydrogens (tertiary/aromatic N) is 5. The highest BCUT2D eigenvalue weighted by Gasteiger charge is 2.33. The van der Waals surface area contributed by atoms with E-state index in [4.69, 9.17) is 9.40 Å². The minimum atomic E-state index is 0.375. The Morgan fingerprint density at radius 3 is 1.90 bits per heavy atom. The van der Waals surface area contributed by atoms with Crippen LogP contribution in [0.15, 0.2) is 193 Å². The first kappa shape index (κ1) is 37.0. The van der Waals surface area contributed by atoms with Crippen molar-refractivity contribution in [2.45, 2.75) is 0 Å². The Hall–Kier alpha value is -9.27. The van der Waals surface area contributed by atoms with Crippen LogP contribution in [0.1, 0.15) is 5.56 Å². The molecule has 0 atom stereocenters. The number of furan rings is 1. The Labute approximate surface area is 391 Å². The van der Waals surface area contributed by atoms with Gasteiger partial charge in [0, 0.05) is 65.1 Å². The molecule has 5 heterocycles. The van der Waals surface area contributed by atoms with Crippen LogP contribution in [0, 0.1) is 17.9 Å². The van der Waals surface area contributed by atoms with Gasteiger partial charge in [0.1, 0.15) is 22.9 Å². The molecule has 7 heteroatoms. The van der Waals surface area contributed by atoms with Crippen LogP contribution >= 0.6 is 11.3 Å². The van der Waals surface area contributed by atoms with Crippen molar-refractivity contribution >= 4 is 124 Å². The van der Waals surface area contributed by atoms with Crippen LogP contribution in [0.3, 0.4) is 0 Å². The summed E-state index contributed by atoms with van der Waals surface area (Å²) in [7, 11) is 0. The molecule has 0 saturated heterocycles. The summed E-state index contributed by atoms with van der Waals surface area (Å²) in [6.07, 6.45) is 1.89. The average Bonchev–Trinajstić information content (AvgIpc) is 4.16. The van der Waals surface area contributed by atoms with Crippen LogP contribution < -0.4 is 0 Å². The molecule has 0 aliphatic carbocycles.